The van der Waals surface area contributed by atoms with Crippen LogP contribution < -0.4 is 14.9 Å². The predicted octanol–water partition coefficient (Wildman–Crippen LogP) is 2.88. The van der Waals surface area contributed by atoms with Crippen LogP contribution in [0.15, 0.2) is 47.6 Å². The maximum absolute atomic E-state index is 11.9. The van der Waals surface area contributed by atoms with Gasteiger partial charge in [0.2, 0.25) is 0 Å². The van der Waals surface area contributed by atoms with Crippen molar-refractivity contribution >= 4 is 23.7 Å². The summed E-state index contributed by atoms with van der Waals surface area (Å²) in [7, 11) is 0. The number of nitrogens with one attached hydrogen (secondary N) is 1. The number of hydrogen-bond donors (Lipinski definition) is 1. The van der Waals surface area contributed by atoms with E-state index in [2.05, 4.69) is 10.5 Å². The zero-order chi connectivity index (χ0) is 15.4. The van der Waals surface area contributed by atoms with Gasteiger partial charge in [-0.15, -0.1) is 0 Å². The lowest BCUT2D eigenvalue weighted by atomic mass is 10.2. The Morgan fingerprint density at radius 3 is 2.86 bits per heavy atom. The number of halogens is 1. The second kappa shape index (κ2) is 6.49. The third-order valence-electron chi connectivity index (χ3n) is 3.05. The molecule has 0 saturated heterocycles. The van der Waals surface area contributed by atoms with Crippen LogP contribution >= 0.6 is 11.6 Å². The highest BCUT2D eigenvalue weighted by Gasteiger charge is 2.14. The molecule has 22 heavy (non-hydrogen) atoms. The predicted molar refractivity (Wildman–Crippen MR) is 83.9 cm³/mol. The van der Waals surface area contributed by atoms with E-state index in [1.165, 1.54) is 6.21 Å². The molecule has 2 aromatic carbocycles. The molecule has 6 heteroatoms. The summed E-state index contributed by atoms with van der Waals surface area (Å²) in [6.07, 6.45) is 1.52. The van der Waals surface area contributed by atoms with E-state index in [1.807, 2.05) is 18.2 Å². The average molecular weight is 317 g/mol. The zero-order valence-electron chi connectivity index (χ0n) is 11.6. The fourth-order valence-electron chi connectivity index (χ4n) is 2.05. The van der Waals surface area contributed by atoms with E-state index < -0.39 is 0 Å². The molecule has 0 bridgehead atoms. The molecule has 1 aliphatic heterocycles. The Morgan fingerprint density at radius 1 is 1.18 bits per heavy atom. The molecule has 5 nitrogen and oxygen atoms in total. The lowest BCUT2D eigenvalue weighted by Crippen LogP contribution is -2.18. The van der Waals surface area contributed by atoms with E-state index in [9.17, 15) is 4.79 Å². The number of para-hydroxylation sites is 1. The number of ether oxygens (including phenoxy) is 2. The zero-order valence-corrected chi connectivity index (χ0v) is 12.3. The summed E-state index contributed by atoms with van der Waals surface area (Å²) in [5.74, 6) is 0.978. The highest BCUT2D eigenvalue weighted by molar-refractivity contribution is 6.30. The first-order valence-corrected chi connectivity index (χ1v) is 7.09. The molecule has 0 aliphatic carbocycles. The monoisotopic (exact) mass is 316 g/mol. The smallest absolute Gasteiger partial charge is 0.271 e. The fourth-order valence-corrected chi connectivity index (χ4v) is 2.24. The Bertz CT molecular complexity index is 731. The third-order valence-corrected chi connectivity index (χ3v) is 3.29. The minimum absolute atomic E-state index is 0.333. The normalized spacial score (nSPS) is 13.1. The average Bonchev–Trinajstić information content (AvgIpc) is 2.55. The Hall–Kier alpha value is -2.53. The van der Waals surface area contributed by atoms with Crippen LogP contribution in [-0.2, 0) is 0 Å². The highest BCUT2D eigenvalue weighted by atomic mass is 35.5. The van der Waals surface area contributed by atoms with Crippen LogP contribution in [0.2, 0.25) is 5.02 Å². The van der Waals surface area contributed by atoms with Gasteiger partial charge in [-0.2, -0.15) is 5.10 Å². The Balaban J connectivity index is 1.71. The molecule has 0 radical (unpaired) electrons. The van der Waals surface area contributed by atoms with Crippen molar-refractivity contribution in [3.8, 4) is 11.5 Å². The number of carbonyl (C=O) groups excluding carboxylic acids is 1. The van der Waals surface area contributed by atoms with Gasteiger partial charge in [0.25, 0.3) is 5.91 Å². The van der Waals surface area contributed by atoms with Crippen LogP contribution in [0, 0.1) is 0 Å². The van der Waals surface area contributed by atoms with Crippen molar-refractivity contribution in [3.05, 3.63) is 58.6 Å². The van der Waals surface area contributed by atoms with Gasteiger partial charge >= 0.3 is 0 Å². The van der Waals surface area contributed by atoms with Crippen molar-refractivity contribution in [2.24, 2.45) is 5.10 Å². The maximum atomic E-state index is 11.9. The topological polar surface area (TPSA) is 59.9 Å². The number of amides is 1. The molecule has 2 aromatic rings. The van der Waals surface area contributed by atoms with Gasteiger partial charge in [0, 0.05) is 16.1 Å². The van der Waals surface area contributed by atoms with Gasteiger partial charge in [-0.3, -0.25) is 4.79 Å². The number of hydrogen-bond acceptors (Lipinski definition) is 4. The van der Waals surface area contributed by atoms with Gasteiger partial charge in [-0.05, 0) is 30.3 Å². The van der Waals surface area contributed by atoms with Gasteiger partial charge in [0.15, 0.2) is 11.5 Å². The standard InChI is InChI=1S/C16H13ClN2O3/c17-13-5-1-3-11(9-13)16(20)19-18-10-12-4-2-6-14-15(12)22-8-7-21-14/h1-6,9-10H,7-8H2,(H,19,20)/b18-10-. The van der Waals surface area contributed by atoms with E-state index in [0.717, 1.165) is 5.56 Å². The van der Waals surface area contributed by atoms with Crippen LogP contribution in [-0.4, -0.2) is 25.3 Å². The first kappa shape index (κ1) is 14.4. The number of carbonyl (C=O) groups is 1. The lowest BCUT2D eigenvalue weighted by molar-refractivity contribution is 0.0955. The molecule has 112 valence electrons. The SMILES string of the molecule is O=C(N/N=C\c1cccc2c1OCCO2)c1cccc(Cl)c1. The minimum atomic E-state index is -0.333. The van der Waals surface area contributed by atoms with Gasteiger partial charge in [-0.25, -0.2) is 5.43 Å². The molecule has 1 N–H and O–H groups in total. The summed E-state index contributed by atoms with van der Waals surface area (Å²) in [6.45, 7) is 1.02. The summed E-state index contributed by atoms with van der Waals surface area (Å²) >= 11 is 5.85. The lowest BCUT2D eigenvalue weighted by Gasteiger charge is -2.19. The molecule has 0 saturated carbocycles. The summed E-state index contributed by atoms with van der Waals surface area (Å²) in [6, 6.07) is 12.2. The van der Waals surface area contributed by atoms with Crippen molar-refractivity contribution in [3.63, 3.8) is 0 Å². The van der Waals surface area contributed by atoms with Crippen LogP contribution in [0.3, 0.4) is 0 Å². The molecule has 1 amide bonds. The number of fused-ring (bicyclic) bond motifs is 1. The van der Waals surface area contributed by atoms with Crippen LogP contribution in [0.4, 0.5) is 0 Å². The first-order chi connectivity index (χ1) is 10.7. The molecule has 0 unspecified atom stereocenters. The minimum Gasteiger partial charge on any atom is -0.486 e. The molecular formula is C16H13ClN2O3. The molecule has 0 fully saturated rings. The second-order valence-electron chi connectivity index (χ2n) is 4.58. The molecule has 1 aliphatic rings. The van der Waals surface area contributed by atoms with E-state index in [0.29, 0.717) is 35.3 Å². The van der Waals surface area contributed by atoms with Gasteiger partial charge in [-0.1, -0.05) is 23.7 Å². The molecule has 0 spiro atoms. The van der Waals surface area contributed by atoms with Crippen LogP contribution in [0.25, 0.3) is 0 Å². The highest BCUT2D eigenvalue weighted by Crippen LogP contribution is 2.32. The number of benzene rings is 2. The Morgan fingerprint density at radius 2 is 2.00 bits per heavy atom. The van der Waals surface area contributed by atoms with Gasteiger partial charge in [0.05, 0.1) is 6.21 Å². The fraction of sp³-hybridized carbons (Fsp3) is 0.125. The van der Waals surface area contributed by atoms with E-state index in [4.69, 9.17) is 21.1 Å². The number of rotatable bonds is 3. The summed E-state index contributed by atoms with van der Waals surface area (Å²) in [5.41, 5.74) is 3.64. The summed E-state index contributed by atoms with van der Waals surface area (Å²) in [5, 5.41) is 4.45. The van der Waals surface area contributed by atoms with Crippen molar-refractivity contribution in [2.75, 3.05) is 13.2 Å². The Labute approximate surface area is 132 Å². The maximum Gasteiger partial charge on any atom is 0.271 e. The summed E-state index contributed by atoms with van der Waals surface area (Å²) in [4.78, 5) is 11.9. The third kappa shape index (κ3) is 3.20. The molecule has 3 rings (SSSR count). The second-order valence-corrected chi connectivity index (χ2v) is 5.02. The van der Waals surface area contributed by atoms with Gasteiger partial charge in [0.1, 0.15) is 13.2 Å². The summed E-state index contributed by atoms with van der Waals surface area (Å²) < 4.78 is 11.1. The number of nitrogens with zero attached hydrogens (tertiary/aromatic N) is 1. The van der Waals surface area contributed by atoms with Crippen LogP contribution in [0.1, 0.15) is 15.9 Å². The largest absolute Gasteiger partial charge is 0.486 e. The molecule has 1 heterocycles. The Kier molecular flexibility index (Phi) is 4.25. The molecule has 0 atom stereocenters. The van der Waals surface area contributed by atoms with Crippen molar-refractivity contribution in [1.82, 2.24) is 5.43 Å². The molecule has 0 aromatic heterocycles. The van der Waals surface area contributed by atoms with Crippen molar-refractivity contribution < 1.29 is 14.3 Å². The van der Waals surface area contributed by atoms with Gasteiger partial charge < -0.3 is 9.47 Å². The van der Waals surface area contributed by atoms with E-state index in [-0.39, 0.29) is 5.91 Å². The van der Waals surface area contributed by atoms with Crippen molar-refractivity contribution in [2.45, 2.75) is 0 Å². The molecular weight excluding hydrogens is 304 g/mol. The van der Waals surface area contributed by atoms with Crippen LogP contribution in [0.5, 0.6) is 11.5 Å². The van der Waals surface area contributed by atoms with E-state index >= 15 is 0 Å². The first-order valence-electron chi connectivity index (χ1n) is 6.71. The quantitative estimate of drug-likeness (QED) is 0.699. The van der Waals surface area contributed by atoms with E-state index in [1.54, 1.807) is 24.3 Å². The number of hydrazone groups is 1. The van der Waals surface area contributed by atoms with Crippen molar-refractivity contribution in [1.29, 1.82) is 0 Å².